The van der Waals surface area contributed by atoms with Crippen molar-refractivity contribution < 1.29 is 27.5 Å². The molecule has 1 aromatic carbocycles. The van der Waals surface area contributed by atoms with E-state index in [0.717, 1.165) is 10.5 Å². The summed E-state index contributed by atoms with van der Waals surface area (Å²) in [7, 11) is -4.01. The van der Waals surface area contributed by atoms with E-state index in [4.69, 9.17) is 9.47 Å². The molecule has 0 saturated heterocycles. The zero-order valence-electron chi connectivity index (χ0n) is 32.2. The molecule has 1 aliphatic carbocycles. The van der Waals surface area contributed by atoms with Crippen LogP contribution in [-0.4, -0.2) is 52.5 Å². The van der Waals surface area contributed by atoms with Crippen LogP contribution >= 0.6 is 0 Å². The number of rotatable bonds is 18. The highest BCUT2D eigenvalue weighted by atomic mass is 32.2. The predicted molar refractivity (Wildman–Crippen MR) is 204 cm³/mol. The molecular weight excluding hydrogens is 677 g/mol. The van der Waals surface area contributed by atoms with Crippen LogP contribution in [0.5, 0.6) is 0 Å². The summed E-state index contributed by atoms with van der Waals surface area (Å²) >= 11 is 0. The molecule has 0 N–H and O–H groups in total. The van der Waals surface area contributed by atoms with E-state index in [1.807, 2.05) is 12.1 Å². The third kappa shape index (κ3) is 12.4. The van der Waals surface area contributed by atoms with E-state index in [-0.39, 0.29) is 29.2 Å². The summed E-state index contributed by atoms with van der Waals surface area (Å²) in [6.07, 6.45) is 14.7. The maximum Gasteiger partial charge on any atom is 0.416 e. The van der Waals surface area contributed by atoms with E-state index in [1.165, 1.54) is 92.5 Å². The maximum absolute atomic E-state index is 14.1. The van der Waals surface area contributed by atoms with E-state index < -0.39 is 39.8 Å². The number of nitrogens with zero attached hydrogens (tertiary/aromatic N) is 4. The Morgan fingerprint density at radius 2 is 1.46 bits per heavy atom. The first-order valence-corrected chi connectivity index (χ1v) is 20.1. The first-order valence-electron chi connectivity index (χ1n) is 18.7. The summed E-state index contributed by atoms with van der Waals surface area (Å²) in [6.45, 7) is 12.2. The molecule has 1 saturated carbocycles. The van der Waals surface area contributed by atoms with Gasteiger partial charge in [-0.25, -0.2) is 18.2 Å². The maximum atomic E-state index is 14.1. The largest absolute Gasteiger partial charge is 0.459 e. The van der Waals surface area contributed by atoms with Gasteiger partial charge in [-0.2, -0.15) is 4.31 Å². The number of anilines is 1. The number of benzene rings is 1. The number of hydrogen-bond acceptors (Lipinski definition) is 8. The van der Waals surface area contributed by atoms with Gasteiger partial charge in [-0.15, -0.1) is 0 Å². The minimum Gasteiger partial charge on any atom is -0.459 e. The van der Waals surface area contributed by atoms with Gasteiger partial charge in [0.05, 0.1) is 12.2 Å². The standard InChI is InChI=1S/C41H58N4O6S/c1-8-9-10-11-12-13-14-24-41(25-26-41)33-22-20-32(21-23-33)29-44(52(48,49)35-18-16-27-42-28-35)30-34-17-15-19-36(43-34)45(38(47)51-40(5,6)7)31-37(46)50-39(2,3)4/h15-23,27-28H,8-14,24-26,29-31H2,1-7H3. The Hall–Kier alpha value is -3.83. The zero-order chi connectivity index (χ0) is 38.0. The number of unbranched alkanes of at least 4 members (excludes halogenated alkanes) is 6. The molecule has 1 aliphatic rings. The number of carbonyl (C=O) groups is 2. The molecule has 0 radical (unpaired) electrons. The number of esters is 1. The predicted octanol–water partition coefficient (Wildman–Crippen LogP) is 9.12. The second kappa shape index (κ2) is 17.8. The van der Waals surface area contributed by atoms with E-state index in [9.17, 15) is 18.0 Å². The van der Waals surface area contributed by atoms with Gasteiger partial charge in [0.15, 0.2) is 0 Å². The van der Waals surface area contributed by atoms with Gasteiger partial charge in [0.25, 0.3) is 0 Å². The molecule has 3 aromatic rings. The zero-order valence-corrected chi connectivity index (χ0v) is 33.0. The van der Waals surface area contributed by atoms with Crippen LogP contribution in [0.15, 0.2) is 71.9 Å². The Morgan fingerprint density at radius 1 is 0.808 bits per heavy atom. The quantitative estimate of drug-likeness (QED) is 0.0938. The Labute approximate surface area is 311 Å². The molecule has 1 amide bonds. The third-order valence-electron chi connectivity index (χ3n) is 9.04. The molecule has 2 heterocycles. The second-order valence-electron chi connectivity index (χ2n) is 16.0. The molecule has 0 aliphatic heterocycles. The number of sulfonamides is 1. The summed E-state index contributed by atoms with van der Waals surface area (Å²) in [6, 6.07) is 16.4. The van der Waals surface area contributed by atoms with Crippen LogP contribution in [-0.2, 0) is 42.8 Å². The highest BCUT2D eigenvalue weighted by molar-refractivity contribution is 7.89. The molecule has 2 aromatic heterocycles. The number of hydrogen-bond donors (Lipinski definition) is 0. The van der Waals surface area contributed by atoms with Crippen molar-refractivity contribution >= 4 is 27.9 Å². The van der Waals surface area contributed by atoms with Crippen LogP contribution in [0.3, 0.4) is 0 Å². The topological polar surface area (TPSA) is 119 Å². The average molecular weight is 735 g/mol. The number of pyridine rings is 2. The van der Waals surface area contributed by atoms with Crippen molar-refractivity contribution in [3.8, 4) is 0 Å². The lowest BCUT2D eigenvalue weighted by molar-refractivity contribution is -0.153. The summed E-state index contributed by atoms with van der Waals surface area (Å²) in [5.41, 5.74) is 1.19. The molecule has 11 heteroatoms. The Balaban J connectivity index is 1.56. The van der Waals surface area contributed by atoms with Crippen molar-refractivity contribution in [2.75, 3.05) is 11.4 Å². The first kappa shape index (κ1) is 40.9. The molecule has 0 unspecified atom stereocenters. The van der Waals surface area contributed by atoms with E-state index >= 15 is 0 Å². The van der Waals surface area contributed by atoms with E-state index in [0.29, 0.717) is 5.69 Å². The Kier molecular flexibility index (Phi) is 14.0. The minimum absolute atomic E-state index is 0.0645. The van der Waals surface area contributed by atoms with Crippen molar-refractivity contribution in [1.29, 1.82) is 0 Å². The van der Waals surface area contributed by atoms with Gasteiger partial charge in [-0.05, 0) is 102 Å². The fraction of sp³-hybridized carbons (Fsp3) is 0.561. The van der Waals surface area contributed by atoms with Crippen LogP contribution in [0.25, 0.3) is 0 Å². The van der Waals surface area contributed by atoms with Crippen molar-refractivity contribution in [3.63, 3.8) is 0 Å². The lowest BCUT2D eigenvalue weighted by atomic mass is 9.89. The summed E-state index contributed by atoms with van der Waals surface area (Å²) in [5, 5.41) is 0. The molecule has 1 fully saturated rings. The van der Waals surface area contributed by atoms with Gasteiger partial charge in [0, 0.05) is 18.9 Å². The first-order chi connectivity index (χ1) is 24.5. The SMILES string of the molecule is CCCCCCCCCC1(c2ccc(CN(Cc3cccc(N(CC(=O)OC(C)(C)C)C(=O)OC(C)(C)C)n3)S(=O)(=O)c3cccnc3)cc2)CC1. The molecule has 0 atom stereocenters. The molecule has 10 nitrogen and oxygen atoms in total. The smallest absolute Gasteiger partial charge is 0.416 e. The van der Waals surface area contributed by atoms with Gasteiger partial charge in [0.2, 0.25) is 10.0 Å². The highest BCUT2D eigenvalue weighted by Crippen LogP contribution is 2.52. The van der Waals surface area contributed by atoms with Gasteiger partial charge in [-0.3, -0.25) is 14.7 Å². The number of aromatic nitrogens is 2. The summed E-state index contributed by atoms with van der Waals surface area (Å²) < 4.78 is 40.6. The molecular formula is C41H58N4O6S. The van der Waals surface area contributed by atoms with Crippen LogP contribution < -0.4 is 4.90 Å². The van der Waals surface area contributed by atoms with Crippen molar-refractivity contribution in [2.24, 2.45) is 0 Å². The van der Waals surface area contributed by atoms with Crippen molar-refractivity contribution in [1.82, 2.24) is 14.3 Å². The van der Waals surface area contributed by atoms with Crippen LogP contribution in [0, 0.1) is 0 Å². The summed E-state index contributed by atoms with van der Waals surface area (Å²) in [4.78, 5) is 36.1. The van der Waals surface area contributed by atoms with Crippen LogP contribution in [0.1, 0.15) is 129 Å². The van der Waals surface area contributed by atoms with E-state index in [1.54, 1.807) is 65.8 Å². The van der Waals surface area contributed by atoms with Crippen LogP contribution in [0.4, 0.5) is 10.6 Å². The third-order valence-corrected chi connectivity index (χ3v) is 10.8. The van der Waals surface area contributed by atoms with Gasteiger partial charge in [-0.1, -0.05) is 82.2 Å². The summed E-state index contributed by atoms with van der Waals surface area (Å²) in [5.74, 6) is -0.499. The van der Waals surface area contributed by atoms with Crippen molar-refractivity contribution in [2.45, 2.75) is 147 Å². The Morgan fingerprint density at radius 3 is 2.06 bits per heavy atom. The molecule has 52 heavy (non-hydrogen) atoms. The number of ether oxygens (including phenoxy) is 2. The minimum atomic E-state index is -4.01. The number of carbonyl (C=O) groups excluding carboxylic acids is 2. The normalized spacial score (nSPS) is 14.2. The van der Waals surface area contributed by atoms with Gasteiger partial charge < -0.3 is 9.47 Å². The Bertz CT molecular complexity index is 1710. The molecule has 284 valence electrons. The second-order valence-corrected chi connectivity index (χ2v) is 17.9. The highest BCUT2D eigenvalue weighted by Gasteiger charge is 2.43. The molecule has 0 spiro atoms. The fourth-order valence-corrected chi connectivity index (χ4v) is 7.61. The molecule has 0 bridgehead atoms. The molecule has 4 rings (SSSR count). The fourth-order valence-electron chi connectivity index (χ4n) is 6.24. The monoisotopic (exact) mass is 734 g/mol. The van der Waals surface area contributed by atoms with Crippen LogP contribution in [0.2, 0.25) is 0 Å². The van der Waals surface area contributed by atoms with Crippen molar-refractivity contribution in [3.05, 3.63) is 83.8 Å². The van der Waals surface area contributed by atoms with Gasteiger partial charge in [0.1, 0.15) is 28.5 Å². The van der Waals surface area contributed by atoms with Gasteiger partial charge >= 0.3 is 12.1 Å². The van der Waals surface area contributed by atoms with E-state index in [2.05, 4.69) is 29.0 Å². The average Bonchev–Trinajstić information content (AvgIpc) is 3.86. The lowest BCUT2D eigenvalue weighted by Crippen LogP contribution is -2.42. The number of amides is 1. The lowest BCUT2D eigenvalue weighted by Gasteiger charge is -2.28.